The van der Waals surface area contributed by atoms with Gasteiger partial charge in [0.05, 0.1) is 17.0 Å². The summed E-state index contributed by atoms with van der Waals surface area (Å²) in [4.78, 5) is 24.0. The van der Waals surface area contributed by atoms with Crippen LogP contribution in [-0.4, -0.2) is 49.6 Å². The van der Waals surface area contributed by atoms with E-state index in [1.54, 1.807) is 12.1 Å². The molecule has 30 heavy (non-hydrogen) atoms. The van der Waals surface area contributed by atoms with E-state index in [1.807, 2.05) is 13.0 Å². The molecule has 1 fully saturated rings. The number of ether oxygens (including phenoxy) is 1. The van der Waals surface area contributed by atoms with Crippen molar-refractivity contribution < 1.29 is 22.7 Å². The number of Topliss-reactive ketones (excluding diaryl/α,β-unsaturated/α-hetero) is 1. The monoisotopic (exact) mass is 428 g/mol. The van der Waals surface area contributed by atoms with Gasteiger partial charge in [0, 0.05) is 31.5 Å². The van der Waals surface area contributed by atoms with Crippen molar-refractivity contribution in [2.75, 3.05) is 19.6 Å². The number of nitrogens with one attached hydrogen (secondary N) is 1. The molecule has 0 aliphatic carbocycles. The summed E-state index contributed by atoms with van der Waals surface area (Å²) >= 11 is 0. The van der Waals surface area contributed by atoms with Gasteiger partial charge in [-0.1, -0.05) is 23.8 Å². The fourth-order valence-corrected chi connectivity index (χ4v) is 5.38. The molecule has 0 aromatic heterocycles. The van der Waals surface area contributed by atoms with Gasteiger partial charge in [-0.25, -0.2) is 8.42 Å². The van der Waals surface area contributed by atoms with Gasteiger partial charge in [0.1, 0.15) is 11.4 Å². The third-order valence-corrected chi connectivity index (χ3v) is 7.72. The number of nitrogens with zero attached hydrogens (tertiary/aromatic N) is 1. The molecule has 0 radical (unpaired) electrons. The number of benzene rings is 2. The largest absolute Gasteiger partial charge is 0.484 e. The van der Waals surface area contributed by atoms with Gasteiger partial charge in [-0.05, 0) is 38.1 Å². The van der Waals surface area contributed by atoms with Crippen LogP contribution >= 0.6 is 0 Å². The summed E-state index contributed by atoms with van der Waals surface area (Å²) in [6.07, 6.45) is 0.927. The molecule has 8 heteroatoms. The molecule has 4 rings (SSSR count). The van der Waals surface area contributed by atoms with Crippen molar-refractivity contribution in [3.05, 3.63) is 59.2 Å². The maximum Gasteiger partial charge on any atom is 0.255 e. The number of hydrogen-bond acceptors (Lipinski definition) is 5. The second-order valence-electron chi connectivity index (χ2n) is 7.95. The van der Waals surface area contributed by atoms with Crippen molar-refractivity contribution in [1.82, 2.24) is 9.62 Å². The minimum absolute atomic E-state index is 0.109. The molecule has 0 saturated carbocycles. The molecule has 0 bridgehead atoms. The topological polar surface area (TPSA) is 92.8 Å². The summed E-state index contributed by atoms with van der Waals surface area (Å²) in [6, 6.07) is 11.5. The van der Waals surface area contributed by atoms with Crippen LogP contribution in [0.25, 0.3) is 0 Å². The highest BCUT2D eigenvalue weighted by Crippen LogP contribution is 2.34. The molecule has 2 aromatic carbocycles. The van der Waals surface area contributed by atoms with Crippen LogP contribution in [0.2, 0.25) is 0 Å². The molecule has 1 spiro atoms. The van der Waals surface area contributed by atoms with E-state index in [0.717, 1.165) is 5.56 Å². The van der Waals surface area contributed by atoms with Crippen LogP contribution in [0.1, 0.15) is 46.0 Å². The Balaban J connectivity index is 1.52. The van der Waals surface area contributed by atoms with Crippen LogP contribution in [0, 0.1) is 6.92 Å². The van der Waals surface area contributed by atoms with Crippen LogP contribution < -0.4 is 10.1 Å². The number of fused-ring (bicyclic) bond motifs is 1. The van der Waals surface area contributed by atoms with Crippen molar-refractivity contribution in [2.45, 2.75) is 37.2 Å². The highest BCUT2D eigenvalue weighted by Gasteiger charge is 2.42. The molecule has 2 aromatic rings. The van der Waals surface area contributed by atoms with E-state index in [-0.39, 0.29) is 29.7 Å². The number of carbonyl (C=O) groups is 2. The number of aryl methyl sites for hydroxylation is 1. The van der Waals surface area contributed by atoms with E-state index in [9.17, 15) is 18.0 Å². The SMILES string of the molecule is CC(=O)c1ccc(S(=O)(=O)N2CCC3(CC2)CNC(=O)c2cc(C)ccc2O3)cc1. The van der Waals surface area contributed by atoms with Crippen LogP contribution in [0.4, 0.5) is 0 Å². The molecule has 0 unspecified atom stereocenters. The second-order valence-corrected chi connectivity index (χ2v) is 9.89. The zero-order chi connectivity index (χ0) is 21.5. The molecule has 7 nitrogen and oxygen atoms in total. The van der Waals surface area contributed by atoms with E-state index in [0.29, 0.717) is 36.3 Å². The summed E-state index contributed by atoms with van der Waals surface area (Å²) in [5.41, 5.74) is 1.32. The average Bonchev–Trinajstić information content (AvgIpc) is 2.86. The van der Waals surface area contributed by atoms with Gasteiger partial charge in [-0.2, -0.15) is 4.31 Å². The van der Waals surface area contributed by atoms with Gasteiger partial charge in [-0.3, -0.25) is 9.59 Å². The van der Waals surface area contributed by atoms with Gasteiger partial charge >= 0.3 is 0 Å². The maximum atomic E-state index is 13.0. The first kappa shape index (κ1) is 20.6. The Morgan fingerprint density at radius 1 is 1.10 bits per heavy atom. The molecule has 1 N–H and O–H groups in total. The zero-order valence-corrected chi connectivity index (χ0v) is 17.8. The Morgan fingerprint density at radius 2 is 1.77 bits per heavy atom. The molecular formula is C22H24N2O5S. The second kappa shape index (κ2) is 7.52. The van der Waals surface area contributed by atoms with Crippen molar-refractivity contribution in [3.8, 4) is 5.75 Å². The van der Waals surface area contributed by atoms with Crippen molar-refractivity contribution >= 4 is 21.7 Å². The third kappa shape index (κ3) is 3.73. The lowest BCUT2D eigenvalue weighted by Gasteiger charge is -2.40. The lowest BCUT2D eigenvalue weighted by Crippen LogP contribution is -2.54. The van der Waals surface area contributed by atoms with Crippen LogP contribution in [-0.2, 0) is 10.0 Å². The molecule has 1 amide bonds. The van der Waals surface area contributed by atoms with E-state index in [2.05, 4.69) is 5.32 Å². The minimum Gasteiger partial charge on any atom is -0.484 e. The number of piperidine rings is 1. The standard InChI is InChI=1S/C22H24N2O5S/c1-15-3-8-20-19(13-15)21(26)23-14-22(29-20)9-11-24(12-10-22)30(27,28)18-6-4-17(5-7-18)16(2)25/h3-8,13H,9-12,14H2,1-2H3,(H,23,26). The maximum absolute atomic E-state index is 13.0. The van der Waals surface area contributed by atoms with Crippen molar-refractivity contribution in [3.63, 3.8) is 0 Å². The predicted molar refractivity (Wildman–Crippen MR) is 111 cm³/mol. The number of sulfonamides is 1. The Labute approximate surface area is 176 Å². The Bertz CT molecular complexity index is 1100. The molecule has 2 heterocycles. The Morgan fingerprint density at radius 3 is 2.40 bits per heavy atom. The molecule has 1 saturated heterocycles. The predicted octanol–water partition coefficient (Wildman–Crippen LogP) is 2.54. The molecule has 2 aliphatic rings. The van der Waals surface area contributed by atoms with Gasteiger partial charge in [0.25, 0.3) is 5.91 Å². The summed E-state index contributed by atoms with van der Waals surface area (Å²) < 4.78 is 33.8. The van der Waals surface area contributed by atoms with Crippen molar-refractivity contribution in [1.29, 1.82) is 0 Å². The lowest BCUT2D eigenvalue weighted by molar-refractivity contribution is 0.0246. The van der Waals surface area contributed by atoms with Crippen LogP contribution in [0.5, 0.6) is 5.75 Å². The first-order valence-corrected chi connectivity index (χ1v) is 11.3. The fraction of sp³-hybridized carbons (Fsp3) is 0.364. The normalized spacial score (nSPS) is 18.8. The molecule has 2 aliphatic heterocycles. The summed E-state index contributed by atoms with van der Waals surface area (Å²) in [7, 11) is -3.67. The van der Waals surface area contributed by atoms with Crippen molar-refractivity contribution in [2.24, 2.45) is 0 Å². The van der Waals surface area contributed by atoms with Gasteiger partial charge < -0.3 is 10.1 Å². The smallest absolute Gasteiger partial charge is 0.255 e. The number of amides is 1. The van der Waals surface area contributed by atoms with Crippen LogP contribution in [0.3, 0.4) is 0 Å². The molecular weight excluding hydrogens is 404 g/mol. The lowest BCUT2D eigenvalue weighted by atomic mass is 9.92. The Hall–Kier alpha value is -2.71. The molecule has 158 valence electrons. The first-order chi connectivity index (χ1) is 14.2. The number of hydrogen-bond donors (Lipinski definition) is 1. The zero-order valence-electron chi connectivity index (χ0n) is 17.0. The number of ketones is 1. The summed E-state index contributed by atoms with van der Waals surface area (Å²) in [6.45, 7) is 4.27. The minimum atomic E-state index is -3.67. The van der Waals surface area contributed by atoms with E-state index >= 15 is 0 Å². The van der Waals surface area contributed by atoms with E-state index < -0.39 is 15.6 Å². The van der Waals surface area contributed by atoms with Gasteiger partial charge in [0.15, 0.2) is 5.78 Å². The van der Waals surface area contributed by atoms with E-state index in [4.69, 9.17) is 4.74 Å². The van der Waals surface area contributed by atoms with Crippen LogP contribution in [0.15, 0.2) is 47.4 Å². The van der Waals surface area contributed by atoms with Gasteiger partial charge in [-0.15, -0.1) is 0 Å². The average molecular weight is 429 g/mol. The first-order valence-electron chi connectivity index (χ1n) is 9.89. The summed E-state index contributed by atoms with van der Waals surface area (Å²) in [5, 5.41) is 2.93. The van der Waals surface area contributed by atoms with E-state index in [1.165, 1.54) is 35.5 Å². The fourth-order valence-electron chi connectivity index (χ4n) is 3.94. The highest BCUT2D eigenvalue weighted by atomic mass is 32.2. The third-order valence-electron chi connectivity index (χ3n) is 5.81. The van der Waals surface area contributed by atoms with Gasteiger partial charge in [0.2, 0.25) is 10.0 Å². The quantitative estimate of drug-likeness (QED) is 0.759. The highest BCUT2D eigenvalue weighted by molar-refractivity contribution is 7.89. The summed E-state index contributed by atoms with van der Waals surface area (Å²) in [5.74, 6) is 0.250. The Kier molecular flexibility index (Phi) is 5.15. The number of rotatable bonds is 3. The number of carbonyl (C=O) groups excluding carboxylic acids is 2. The molecule has 0 atom stereocenters.